The summed E-state index contributed by atoms with van der Waals surface area (Å²) < 4.78 is 22.1. The SMILES string of the molecule is COc1ccc(O)c2c(=O)c(O[C@@H]3O[C@@H](CO)[C@H](O)[C@@H](O)[C@@H]3O)c(-c3ccc(O)cc3)oc12. The minimum Gasteiger partial charge on any atom is -0.508 e. The lowest BCUT2D eigenvalue weighted by atomic mass is 9.99. The Kier molecular flexibility index (Phi) is 6.15. The van der Waals surface area contributed by atoms with Crippen molar-refractivity contribution in [3.8, 4) is 34.3 Å². The summed E-state index contributed by atoms with van der Waals surface area (Å²) in [7, 11) is 1.35. The molecule has 0 saturated carbocycles. The number of aliphatic hydroxyl groups is 4. The maximum absolute atomic E-state index is 13.4. The van der Waals surface area contributed by atoms with Gasteiger partial charge in [-0.05, 0) is 36.4 Å². The van der Waals surface area contributed by atoms with Gasteiger partial charge >= 0.3 is 0 Å². The van der Waals surface area contributed by atoms with Crippen LogP contribution in [0.15, 0.2) is 45.6 Å². The van der Waals surface area contributed by atoms with Crippen molar-refractivity contribution in [2.75, 3.05) is 13.7 Å². The van der Waals surface area contributed by atoms with E-state index in [2.05, 4.69) is 0 Å². The van der Waals surface area contributed by atoms with Crippen molar-refractivity contribution >= 4 is 11.0 Å². The van der Waals surface area contributed by atoms with Gasteiger partial charge in [0.25, 0.3) is 0 Å². The third kappa shape index (κ3) is 3.96. The van der Waals surface area contributed by atoms with Crippen LogP contribution in [0, 0.1) is 0 Å². The zero-order chi connectivity index (χ0) is 23.9. The van der Waals surface area contributed by atoms with E-state index in [1.165, 1.54) is 43.5 Å². The maximum atomic E-state index is 13.4. The predicted molar refractivity (Wildman–Crippen MR) is 112 cm³/mol. The third-order valence-corrected chi connectivity index (χ3v) is 5.38. The smallest absolute Gasteiger partial charge is 0.239 e. The summed E-state index contributed by atoms with van der Waals surface area (Å²) in [6.45, 7) is -0.695. The van der Waals surface area contributed by atoms with E-state index in [1.807, 2.05) is 0 Å². The summed E-state index contributed by atoms with van der Waals surface area (Å²) in [5.74, 6) is -0.947. The first-order valence-corrected chi connectivity index (χ1v) is 9.90. The maximum Gasteiger partial charge on any atom is 0.239 e. The zero-order valence-corrected chi connectivity index (χ0v) is 17.3. The molecule has 1 aromatic heterocycles. The molecule has 1 aliphatic rings. The number of rotatable bonds is 5. The molecule has 1 saturated heterocycles. The molecule has 176 valence electrons. The van der Waals surface area contributed by atoms with Crippen LogP contribution < -0.4 is 14.9 Å². The van der Waals surface area contributed by atoms with Crippen LogP contribution in [0.1, 0.15) is 0 Å². The molecule has 11 heteroatoms. The van der Waals surface area contributed by atoms with Crippen LogP contribution in [0.4, 0.5) is 0 Å². The minimum absolute atomic E-state index is 0.0477. The van der Waals surface area contributed by atoms with E-state index in [1.54, 1.807) is 0 Å². The number of benzene rings is 2. The van der Waals surface area contributed by atoms with E-state index in [4.69, 9.17) is 18.6 Å². The van der Waals surface area contributed by atoms with Crippen molar-refractivity contribution in [1.29, 1.82) is 0 Å². The van der Waals surface area contributed by atoms with Gasteiger partial charge in [0, 0.05) is 5.56 Å². The van der Waals surface area contributed by atoms with Gasteiger partial charge in [0.15, 0.2) is 17.1 Å². The summed E-state index contributed by atoms with van der Waals surface area (Å²) in [5.41, 5.74) is -0.629. The second-order valence-electron chi connectivity index (χ2n) is 7.44. The number of methoxy groups -OCH3 is 1. The van der Waals surface area contributed by atoms with Gasteiger partial charge in [-0.15, -0.1) is 0 Å². The average molecular weight is 462 g/mol. The quantitative estimate of drug-likeness (QED) is 0.302. The van der Waals surface area contributed by atoms with E-state index in [0.717, 1.165) is 0 Å². The molecule has 0 aliphatic carbocycles. The van der Waals surface area contributed by atoms with Crippen molar-refractivity contribution < 1.29 is 49.3 Å². The Hall–Kier alpha value is -3.35. The monoisotopic (exact) mass is 462 g/mol. The molecule has 0 unspecified atom stereocenters. The summed E-state index contributed by atoms with van der Waals surface area (Å²) in [4.78, 5) is 13.4. The first kappa shape index (κ1) is 22.8. The fourth-order valence-electron chi connectivity index (χ4n) is 3.59. The molecule has 0 spiro atoms. The topological polar surface area (TPSA) is 179 Å². The van der Waals surface area contributed by atoms with E-state index >= 15 is 0 Å². The number of hydrogen-bond acceptors (Lipinski definition) is 11. The Bertz CT molecular complexity index is 1200. The molecule has 1 aliphatic heterocycles. The van der Waals surface area contributed by atoms with Crippen molar-refractivity contribution in [1.82, 2.24) is 0 Å². The number of aromatic hydroxyl groups is 2. The lowest BCUT2D eigenvalue weighted by Crippen LogP contribution is -2.60. The van der Waals surface area contributed by atoms with E-state index in [0.29, 0.717) is 0 Å². The van der Waals surface area contributed by atoms with E-state index in [-0.39, 0.29) is 33.8 Å². The zero-order valence-electron chi connectivity index (χ0n) is 17.3. The highest BCUT2D eigenvalue weighted by molar-refractivity contribution is 5.91. The molecular weight excluding hydrogens is 440 g/mol. The van der Waals surface area contributed by atoms with E-state index < -0.39 is 54.2 Å². The van der Waals surface area contributed by atoms with Crippen LogP contribution >= 0.6 is 0 Å². The Labute approximate surface area is 186 Å². The molecule has 2 aromatic carbocycles. The number of phenolic OH excluding ortho intramolecular Hbond substituents is 2. The third-order valence-electron chi connectivity index (χ3n) is 5.38. The second kappa shape index (κ2) is 8.89. The molecule has 3 aromatic rings. The Balaban J connectivity index is 1.91. The molecule has 11 nitrogen and oxygen atoms in total. The standard InChI is InChI=1S/C22H22O11/c1-30-12-7-6-11(25)14-16(27)21(19(32-20(12)14)9-2-4-10(24)5-3-9)33-22-18(29)17(28)15(26)13(8-23)31-22/h2-7,13,15,17-18,22-26,28-29H,8H2,1H3/t13-,15-,17+,18-,22-/m0/s1. The van der Waals surface area contributed by atoms with Crippen LogP contribution in [0.2, 0.25) is 0 Å². The molecule has 33 heavy (non-hydrogen) atoms. The first-order chi connectivity index (χ1) is 15.8. The lowest BCUT2D eigenvalue weighted by molar-refractivity contribution is -0.277. The van der Waals surface area contributed by atoms with Gasteiger partial charge in [-0.25, -0.2) is 0 Å². The lowest BCUT2D eigenvalue weighted by Gasteiger charge is -2.39. The summed E-state index contributed by atoms with van der Waals surface area (Å²) in [5, 5.41) is 59.5. The largest absolute Gasteiger partial charge is 0.508 e. The second-order valence-corrected chi connectivity index (χ2v) is 7.44. The van der Waals surface area contributed by atoms with Crippen LogP contribution in [0.25, 0.3) is 22.3 Å². The Morgan fingerprint density at radius 2 is 1.67 bits per heavy atom. The van der Waals surface area contributed by atoms with Gasteiger partial charge in [-0.3, -0.25) is 4.79 Å². The minimum atomic E-state index is -1.79. The van der Waals surface area contributed by atoms with Crippen LogP contribution in [-0.2, 0) is 4.74 Å². The number of fused-ring (bicyclic) bond motifs is 1. The van der Waals surface area contributed by atoms with Gasteiger partial charge in [0.05, 0.1) is 13.7 Å². The number of ether oxygens (including phenoxy) is 3. The van der Waals surface area contributed by atoms with Crippen molar-refractivity contribution in [3.63, 3.8) is 0 Å². The molecule has 5 atom stereocenters. The molecule has 0 amide bonds. The first-order valence-electron chi connectivity index (χ1n) is 9.90. The number of aliphatic hydroxyl groups excluding tert-OH is 4. The molecule has 1 fully saturated rings. The average Bonchev–Trinajstić information content (AvgIpc) is 2.81. The van der Waals surface area contributed by atoms with Crippen LogP contribution in [0.3, 0.4) is 0 Å². The van der Waals surface area contributed by atoms with Gasteiger partial charge in [0.2, 0.25) is 17.5 Å². The molecule has 4 rings (SSSR count). The Morgan fingerprint density at radius 1 is 0.970 bits per heavy atom. The normalized spacial score (nSPS) is 25.2. The molecular formula is C22H22O11. The number of phenols is 2. The van der Waals surface area contributed by atoms with E-state index in [9.17, 15) is 35.4 Å². The van der Waals surface area contributed by atoms with Gasteiger partial charge in [0.1, 0.15) is 41.3 Å². The Morgan fingerprint density at radius 3 is 2.30 bits per heavy atom. The molecule has 6 N–H and O–H groups in total. The van der Waals surface area contributed by atoms with Gasteiger partial charge in [-0.1, -0.05) is 0 Å². The van der Waals surface area contributed by atoms with Crippen molar-refractivity contribution in [2.24, 2.45) is 0 Å². The summed E-state index contributed by atoms with van der Waals surface area (Å²) >= 11 is 0. The molecule has 0 bridgehead atoms. The van der Waals surface area contributed by atoms with Crippen LogP contribution in [-0.4, -0.2) is 75.1 Å². The van der Waals surface area contributed by atoms with Crippen LogP contribution in [0.5, 0.6) is 23.0 Å². The van der Waals surface area contributed by atoms with Crippen molar-refractivity contribution in [2.45, 2.75) is 30.7 Å². The molecule has 0 radical (unpaired) electrons. The predicted octanol–water partition coefficient (Wildman–Crippen LogP) is 0.0585. The fraction of sp³-hybridized carbons (Fsp3) is 0.318. The van der Waals surface area contributed by atoms with Gasteiger partial charge < -0.3 is 49.3 Å². The summed E-state index contributed by atoms with van der Waals surface area (Å²) in [6, 6.07) is 8.20. The number of hydrogen-bond donors (Lipinski definition) is 6. The molecule has 2 heterocycles. The highest BCUT2D eigenvalue weighted by Gasteiger charge is 2.45. The summed E-state index contributed by atoms with van der Waals surface area (Å²) in [6.07, 6.45) is -8.10. The highest BCUT2D eigenvalue weighted by atomic mass is 16.7. The fourth-order valence-corrected chi connectivity index (χ4v) is 3.59. The van der Waals surface area contributed by atoms with Gasteiger partial charge in [-0.2, -0.15) is 0 Å². The van der Waals surface area contributed by atoms with Crippen molar-refractivity contribution in [3.05, 3.63) is 46.6 Å². The highest BCUT2D eigenvalue weighted by Crippen LogP contribution is 2.39.